The van der Waals surface area contributed by atoms with E-state index in [2.05, 4.69) is 25.5 Å². The van der Waals surface area contributed by atoms with Crippen LogP contribution in [0.25, 0.3) is 0 Å². The number of ketones is 1. The molecule has 3 aromatic rings. The van der Waals surface area contributed by atoms with Crippen LogP contribution in [-0.2, 0) is 24.4 Å². The quantitative estimate of drug-likeness (QED) is 0.362. The number of aromatic nitrogens is 5. The molecule has 3 heterocycles. The first-order valence-electron chi connectivity index (χ1n) is 10.0. The highest BCUT2D eigenvalue weighted by molar-refractivity contribution is 6.09. The van der Waals surface area contributed by atoms with Crippen molar-refractivity contribution in [1.29, 1.82) is 5.41 Å². The lowest BCUT2D eigenvalue weighted by atomic mass is 10.2. The number of carbonyl (C=O) groups excluding carboxylic acids is 1. The van der Waals surface area contributed by atoms with Crippen LogP contribution in [0.5, 0.6) is 0 Å². The van der Waals surface area contributed by atoms with Crippen LogP contribution in [-0.4, -0.2) is 42.8 Å². The van der Waals surface area contributed by atoms with Crippen LogP contribution in [0.3, 0.4) is 0 Å². The molecule has 1 aliphatic heterocycles. The predicted molar refractivity (Wildman–Crippen MR) is 115 cm³/mol. The Morgan fingerprint density at radius 3 is 2.82 bits per heavy atom. The summed E-state index contributed by atoms with van der Waals surface area (Å²) >= 11 is 0. The van der Waals surface area contributed by atoms with Gasteiger partial charge in [0.05, 0.1) is 18.4 Å². The van der Waals surface area contributed by atoms with Gasteiger partial charge in [0.15, 0.2) is 29.1 Å². The number of halogens is 2. The van der Waals surface area contributed by atoms with E-state index >= 15 is 0 Å². The van der Waals surface area contributed by atoms with Gasteiger partial charge in [-0.3, -0.25) is 14.8 Å². The maximum Gasteiger partial charge on any atom is 0.343 e. The van der Waals surface area contributed by atoms with Crippen LogP contribution < -0.4 is 15.9 Å². The monoisotopic (exact) mass is 454 g/mol. The standard InChI is InChI=1S/C21H20F2N8O2/c1-12(32)17(25-9-13-4-2-3-5-14(13)22)8-16(24)19-26-10-15(23)20(27-19)30-6-7-31-18(11-30)28-29-21(31)33/h2-5,8,10,24-25H,6-7,9,11H2,1H3,(H,29,33)/b17-8-,24-16?. The van der Waals surface area contributed by atoms with Gasteiger partial charge in [-0.2, -0.15) is 5.10 Å². The number of nitrogens with one attached hydrogen (secondary N) is 3. The highest BCUT2D eigenvalue weighted by Crippen LogP contribution is 2.20. The molecule has 170 valence electrons. The molecule has 3 N–H and O–H groups in total. The molecule has 2 aromatic heterocycles. The Morgan fingerprint density at radius 1 is 1.27 bits per heavy atom. The number of aromatic amines is 1. The second-order valence-electron chi connectivity index (χ2n) is 7.36. The van der Waals surface area contributed by atoms with E-state index in [0.29, 0.717) is 24.5 Å². The van der Waals surface area contributed by atoms with E-state index in [9.17, 15) is 18.4 Å². The van der Waals surface area contributed by atoms with Gasteiger partial charge in [-0.25, -0.2) is 28.6 Å². The zero-order valence-corrected chi connectivity index (χ0v) is 17.6. The minimum absolute atomic E-state index is 0.0384. The predicted octanol–water partition coefficient (Wildman–Crippen LogP) is 1.29. The van der Waals surface area contributed by atoms with Crippen molar-refractivity contribution in [2.45, 2.75) is 26.6 Å². The maximum atomic E-state index is 14.5. The minimum Gasteiger partial charge on any atom is -0.378 e. The van der Waals surface area contributed by atoms with E-state index < -0.39 is 11.6 Å². The summed E-state index contributed by atoms with van der Waals surface area (Å²) in [6, 6.07) is 6.13. The average molecular weight is 454 g/mol. The molecule has 0 fully saturated rings. The molecular formula is C21H20F2N8O2. The molecule has 4 rings (SSSR count). The van der Waals surface area contributed by atoms with Crippen molar-refractivity contribution >= 4 is 17.3 Å². The van der Waals surface area contributed by atoms with Gasteiger partial charge in [-0.1, -0.05) is 18.2 Å². The fourth-order valence-electron chi connectivity index (χ4n) is 3.38. The summed E-state index contributed by atoms with van der Waals surface area (Å²) in [7, 11) is 0. The maximum absolute atomic E-state index is 14.5. The first kappa shape index (κ1) is 22.0. The molecule has 1 aliphatic rings. The normalized spacial score (nSPS) is 13.5. The van der Waals surface area contributed by atoms with Gasteiger partial charge in [0.1, 0.15) is 11.5 Å². The molecule has 0 spiro atoms. The Hall–Kier alpha value is -4.22. The van der Waals surface area contributed by atoms with E-state index in [1.165, 1.54) is 23.6 Å². The van der Waals surface area contributed by atoms with Crippen molar-refractivity contribution in [2.24, 2.45) is 0 Å². The highest BCUT2D eigenvalue weighted by atomic mass is 19.1. The second kappa shape index (κ2) is 9.10. The molecule has 0 saturated carbocycles. The zero-order valence-electron chi connectivity index (χ0n) is 17.6. The van der Waals surface area contributed by atoms with Gasteiger partial charge in [-0.05, 0) is 12.1 Å². The summed E-state index contributed by atoms with van der Waals surface area (Å²) in [4.78, 5) is 33.3. The first-order valence-corrected chi connectivity index (χ1v) is 10.0. The average Bonchev–Trinajstić information content (AvgIpc) is 3.17. The largest absolute Gasteiger partial charge is 0.378 e. The number of hydrogen-bond acceptors (Lipinski definition) is 8. The summed E-state index contributed by atoms with van der Waals surface area (Å²) < 4.78 is 29.8. The number of benzene rings is 1. The van der Waals surface area contributed by atoms with Crippen LogP contribution in [0.4, 0.5) is 14.6 Å². The number of nitrogens with zero attached hydrogens (tertiary/aromatic N) is 5. The number of fused-ring (bicyclic) bond motifs is 1. The third-order valence-electron chi connectivity index (χ3n) is 5.12. The summed E-state index contributed by atoms with van der Waals surface area (Å²) in [6.07, 6.45) is 2.17. The topological polar surface area (TPSA) is 133 Å². The van der Waals surface area contributed by atoms with Gasteiger partial charge in [0.2, 0.25) is 0 Å². The van der Waals surface area contributed by atoms with Crippen molar-refractivity contribution in [1.82, 2.24) is 30.0 Å². The lowest BCUT2D eigenvalue weighted by Crippen LogP contribution is -2.38. The SMILES string of the molecule is CC(=O)/C(=C/C(=N)c1ncc(F)c(N2CCn3c(n[nH]c3=O)C2)n1)NCc1ccccc1F. The summed E-state index contributed by atoms with van der Waals surface area (Å²) in [6.45, 7) is 2.11. The number of rotatable bonds is 7. The number of allylic oxidation sites excluding steroid dienone is 2. The van der Waals surface area contributed by atoms with Gasteiger partial charge in [0, 0.05) is 32.1 Å². The minimum atomic E-state index is -0.689. The number of Topliss-reactive ketones (excluding diaryl/α,β-unsaturated/α-hetero) is 1. The highest BCUT2D eigenvalue weighted by Gasteiger charge is 2.24. The van der Waals surface area contributed by atoms with Crippen LogP contribution in [0, 0.1) is 17.0 Å². The van der Waals surface area contributed by atoms with Gasteiger partial charge in [0.25, 0.3) is 0 Å². The smallest absolute Gasteiger partial charge is 0.343 e. The Kier molecular flexibility index (Phi) is 6.07. The van der Waals surface area contributed by atoms with E-state index in [1.807, 2.05) is 0 Å². The van der Waals surface area contributed by atoms with Crippen LogP contribution in [0.2, 0.25) is 0 Å². The molecule has 1 aromatic carbocycles. The third-order valence-corrected chi connectivity index (χ3v) is 5.12. The van der Waals surface area contributed by atoms with Gasteiger partial charge < -0.3 is 10.2 Å². The van der Waals surface area contributed by atoms with Crippen molar-refractivity contribution < 1.29 is 13.6 Å². The second-order valence-corrected chi connectivity index (χ2v) is 7.36. The van der Waals surface area contributed by atoms with E-state index in [0.717, 1.165) is 6.20 Å². The molecule has 0 bridgehead atoms. The Bertz CT molecular complexity index is 1310. The van der Waals surface area contributed by atoms with Crippen molar-refractivity contribution in [2.75, 3.05) is 11.4 Å². The fourth-order valence-corrected chi connectivity index (χ4v) is 3.38. The summed E-state index contributed by atoms with van der Waals surface area (Å²) in [5.74, 6) is -1.17. The first-order chi connectivity index (χ1) is 15.8. The third kappa shape index (κ3) is 4.68. The molecule has 0 unspecified atom stereocenters. The number of H-pyrrole nitrogens is 1. The fraction of sp³-hybridized carbons (Fsp3) is 0.238. The Morgan fingerprint density at radius 2 is 2.06 bits per heavy atom. The van der Waals surface area contributed by atoms with Gasteiger partial charge in [-0.15, -0.1) is 0 Å². The van der Waals surface area contributed by atoms with Crippen LogP contribution in [0.15, 0.2) is 47.0 Å². The van der Waals surface area contributed by atoms with E-state index in [1.54, 1.807) is 23.1 Å². The number of carbonyl (C=O) groups is 1. The zero-order chi connectivity index (χ0) is 23.5. The number of hydrogen-bond donors (Lipinski definition) is 3. The van der Waals surface area contributed by atoms with Crippen LogP contribution >= 0.6 is 0 Å². The molecule has 0 saturated heterocycles. The molecular weight excluding hydrogens is 434 g/mol. The van der Waals surface area contributed by atoms with E-state index in [4.69, 9.17) is 5.41 Å². The summed E-state index contributed by atoms with van der Waals surface area (Å²) in [5.41, 5.74) is -0.133. The van der Waals surface area contributed by atoms with Crippen LogP contribution in [0.1, 0.15) is 24.1 Å². The molecule has 0 atom stereocenters. The Balaban J connectivity index is 1.55. The molecule has 0 radical (unpaired) electrons. The lowest BCUT2D eigenvalue weighted by molar-refractivity contribution is -0.114. The van der Waals surface area contributed by atoms with E-state index in [-0.39, 0.29) is 47.6 Å². The lowest BCUT2D eigenvalue weighted by Gasteiger charge is -2.27. The molecule has 33 heavy (non-hydrogen) atoms. The Labute approximate surface area is 186 Å². The summed E-state index contributed by atoms with van der Waals surface area (Å²) in [5, 5.41) is 17.4. The van der Waals surface area contributed by atoms with Crippen molar-refractivity contribution in [3.05, 3.63) is 81.6 Å². The molecule has 12 heteroatoms. The van der Waals surface area contributed by atoms with Crippen molar-refractivity contribution in [3.63, 3.8) is 0 Å². The molecule has 0 amide bonds. The number of anilines is 1. The van der Waals surface area contributed by atoms with Gasteiger partial charge >= 0.3 is 5.69 Å². The molecule has 0 aliphatic carbocycles. The van der Waals surface area contributed by atoms with Crippen molar-refractivity contribution in [3.8, 4) is 0 Å². The molecule has 10 nitrogen and oxygen atoms in total.